The molecular weight excluding hydrogens is 396 g/mol. The third-order valence-corrected chi connectivity index (χ3v) is 6.59. The molecule has 0 heterocycles. The third kappa shape index (κ3) is 5.56. The van der Waals surface area contributed by atoms with E-state index in [1.165, 1.54) is 4.31 Å². The number of benzene rings is 2. The molecule has 0 unspecified atom stereocenters. The number of amides is 1. The molecule has 0 fully saturated rings. The molecule has 5 nitrogen and oxygen atoms in total. The Morgan fingerprint density at radius 1 is 1.07 bits per heavy atom. The highest BCUT2D eigenvalue weighted by atomic mass is 35.5. The van der Waals surface area contributed by atoms with Crippen LogP contribution < -0.4 is 5.32 Å². The van der Waals surface area contributed by atoms with Gasteiger partial charge in [0.2, 0.25) is 15.9 Å². The molecule has 28 heavy (non-hydrogen) atoms. The first-order valence-electron chi connectivity index (χ1n) is 9.12. The minimum absolute atomic E-state index is 0.0737. The van der Waals surface area contributed by atoms with Gasteiger partial charge in [-0.3, -0.25) is 4.79 Å². The first kappa shape index (κ1) is 22.4. The summed E-state index contributed by atoms with van der Waals surface area (Å²) in [5.74, 6) is -0.338. The Morgan fingerprint density at radius 3 is 2.11 bits per heavy atom. The van der Waals surface area contributed by atoms with Crippen LogP contribution in [-0.4, -0.2) is 31.2 Å². The van der Waals surface area contributed by atoms with E-state index in [-0.39, 0.29) is 29.9 Å². The van der Waals surface area contributed by atoms with Gasteiger partial charge in [0.05, 0.1) is 11.4 Å². The minimum atomic E-state index is -3.88. The number of aryl methyl sites for hydroxylation is 3. The molecular formula is C21H27ClN2O3S. The lowest BCUT2D eigenvalue weighted by atomic mass is 10.1. The molecule has 0 saturated heterocycles. The molecule has 1 N–H and O–H groups in total. The Balaban J connectivity index is 2.47. The van der Waals surface area contributed by atoms with Gasteiger partial charge in [0, 0.05) is 17.6 Å². The van der Waals surface area contributed by atoms with Crippen LogP contribution >= 0.6 is 11.6 Å². The van der Waals surface area contributed by atoms with Crippen LogP contribution in [0.4, 0.5) is 0 Å². The van der Waals surface area contributed by atoms with Crippen molar-refractivity contribution in [1.82, 2.24) is 9.62 Å². The summed E-state index contributed by atoms with van der Waals surface area (Å²) in [6, 6.07) is 10.6. The van der Waals surface area contributed by atoms with Gasteiger partial charge >= 0.3 is 0 Å². The molecule has 0 spiro atoms. The molecule has 0 atom stereocenters. The second-order valence-corrected chi connectivity index (χ2v) is 9.66. The number of sulfonamides is 1. The van der Waals surface area contributed by atoms with Crippen LogP contribution in [0, 0.1) is 20.8 Å². The van der Waals surface area contributed by atoms with Crippen LogP contribution in [-0.2, 0) is 21.4 Å². The fourth-order valence-electron chi connectivity index (χ4n) is 3.25. The zero-order valence-electron chi connectivity index (χ0n) is 16.9. The van der Waals surface area contributed by atoms with Crippen molar-refractivity contribution in [1.29, 1.82) is 0 Å². The van der Waals surface area contributed by atoms with E-state index in [0.29, 0.717) is 16.1 Å². The summed E-state index contributed by atoms with van der Waals surface area (Å²) in [7, 11) is -3.88. The number of carbonyl (C=O) groups excluding carboxylic acids is 1. The zero-order valence-corrected chi connectivity index (χ0v) is 18.5. The van der Waals surface area contributed by atoms with Crippen molar-refractivity contribution in [3.05, 3.63) is 63.7 Å². The van der Waals surface area contributed by atoms with Crippen molar-refractivity contribution >= 4 is 27.5 Å². The number of nitrogens with one attached hydrogen (secondary N) is 1. The highest BCUT2D eigenvalue weighted by Crippen LogP contribution is 2.26. The number of nitrogens with zero attached hydrogens (tertiary/aromatic N) is 1. The second kappa shape index (κ2) is 9.07. The average Bonchev–Trinajstić information content (AvgIpc) is 2.54. The number of hydrogen-bond acceptors (Lipinski definition) is 3. The summed E-state index contributed by atoms with van der Waals surface area (Å²) in [5.41, 5.74) is 3.09. The summed E-state index contributed by atoms with van der Waals surface area (Å²) < 4.78 is 28.2. The van der Waals surface area contributed by atoms with Crippen LogP contribution in [0.15, 0.2) is 41.3 Å². The van der Waals surface area contributed by atoms with Gasteiger partial charge in [-0.15, -0.1) is 0 Å². The van der Waals surface area contributed by atoms with Crippen LogP contribution in [0.5, 0.6) is 0 Å². The van der Waals surface area contributed by atoms with E-state index >= 15 is 0 Å². The van der Waals surface area contributed by atoms with E-state index in [2.05, 4.69) is 5.32 Å². The van der Waals surface area contributed by atoms with E-state index in [0.717, 1.165) is 11.1 Å². The van der Waals surface area contributed by atoms with Crippen molar-refractivity contribution in [2.45, 2.75) is 52.1 Å². The van der Waals surface area contributed by atoms with Crippen molar-refractivity contribution in [2.24, 2.45) is 0 Å². The van der Waals surface area contributed by atoms with Crippen LogP contribution in [0.3, 0.4) is 0 Å². The summed E-state index contributed by atoms with van der Waals surface area (Å²) >= 11 is 5.94. The number of hydrogen-bond donors (Lipinski definition) is 1. The molecule has 7 heteroatoms. The van der Waals surface area contributed by atoms with E-state index < -0.39 is 10.0 Å². The van der Waals surface area contributed by atoms with Gasteiger partial charge in [0.1, 0.15) is 0 Å². The Bertz CT molecular complexity index is 931. The lowest BCUT2D eigenvalue weighted by Crippen LogP contribution is -2.42. The smallest absolute Gasteiger partial charge is 0.244 e. The molecule has 0 aliphatic carbocycles. The predicted octanol–water partition coefficient (Wildman–Crippen LogP) is 3.98. The monoisotopic (exact) mass is 422 g/mol. The van der Waals surface area contributed by atoms with Crippen LogP contribution in [0.25, 0.3) is 0 Å². The Kier molecular flexibility index (Phi) is 7.26. The van der Waals surface area contributed by atoms with E-state index in [1.54, 1.807) is 38.1 Å². The van der Waals surface area contributed by atoms with Gasteiger partial charge in [-0.1, -0.05) is 41.4 Å². The molecule has 0 aliphatic heterocycles. The SMILES string of the molecule is Cc1cc(C)c(S(=O)(=O)N(CC(=O)NC(C)C)Cc2ccc(Cl)cc2)c(C)c1. The van der Waals surface area contributed by atoms with E-state index in [1.807, 2.05) is 32.9 Å². The highest BCUT2D eigenvalue weighted by molar-refractivity contribution is 7.89. The Hall–Kier alpha value is -1.89. The maximum atomic E-state index is 13.5. The third-order valence-electron chi connectivity index (χ3n) is 4.24. The fourth-order valence-corrected chi connectivity index (χ4v) is 5.17. The first-order valence-corrected chi connectivity index (χ1v) is 10.9. The quantitative estimate of drug-likeness (QED) is 0.733. The van der Waals surface area contributed by atoms with Crippen molar-refractivity contribution in [2.75, 3.05) is 6.54 Å². The molecule has 1 amide bonds. The number of rotatable bonds is 7. The maximum absolute atomic E-state index is 13.5. The minimum Gasteiger partial charge on any atom is -0.353 e. The summed E-state index contributed by atoms with van der Waals surface area (Å²) in [6.45, 7) is 8.99. The lowest BCUT2D eigenvalue weighted by molar-refractivity contribution is -0.121. The number of carbonyl (C=O) groups is 1. The standard InChI is InChI=1S/C21H27ClN2O3S/c1-14(2)23-20(25)13-24(12-18-6-8-19(22)9-7-18)28(26,27)21-16(4)10-15(3)11-17(21)5/h6-11,14H,12-13H2,1-5H3,(H,23,25). The summed E-state index contributed by atoms with van der Waals surface area (Å²) in [6.07, 6.45) is 0. The molecule has 2 rings (SSSR count). The van der Waals surface area contributed by atoms with Crippen molar-refractivity contribution in [3.63, 3.8) is 0 Å². The van der Waals surface area contributed by atoms with Gasteiger partial charge in [-0.25, -0.2) is 8.42 Å². The van der Waals surface area contributed by atoms with Gasteiger partial charge in [0.25, 0.3) is 0 Å². The topological polar surface area (TPSA) is 66.5 Å². The molecule has 2 aromatic rings. The summed E-state index contributed by atoms with van der Waals surface area (Å²) in [4.78, 5) is 12.6. The van der Waals surface area contributed by atoms with Gasteiger partial charge in [-0.05, 0) is 63.4 Å². The molecule has 0 aliphatic rings. The Labute approximate surface area is 172 Å². The van der Waals surface area contributed by atoms with E-state index in [4.69, 9.17) is 11.6 Å². The highest BCUT2D eigenvalue weighted by Gasteiger charge is 2.30. The van der Waals surface area contributed by atoms with Crippen molar-refractivity contribution in [3.8, 4) is 0 Å². The largest absolute Gasteiger partial charge is 0.353 e. The first-order chi connectivity index (χ1) is 13.0. The maximum Gasteiger partial charge on any atom is 0.244 e. The lowest BCUT2D eigenvalue weighted by Gasteiger charge is -2.24. The second-order valence-electron chi connectivity index (χ2n) is 7.35. The molecule has 2 aromatic carbocycles. The van der Waals surface area contributed by atoms with E-state index in [9.17, 15) is 13.2 Å². The average molecular weight is 423 g/mol. The van der Waals surface area contributed by atoms with Crippen molar-refractivity contribution < 1.29 is 13.2 Å². The van der Waals surface area contributed by atoms with Gasteiger partial charge < -0.3 is 5.32 Å². The number of halogens is 1. The van der Waals surface area contributed by atoms with Crippen LogP contribution in [0.1, 0.15) is 36.1 Å². The molecule has 0 bridgehead atoms. The van der Waals surface area contributed by atoms with Gasteiger partial charge in [0.15, 0.2) is 0 Å². The van der Waals surface area contributed by atoms with Crippen LogP contribution in [0.2, 0.25) is 5.02 Å². The predicted molar refractivity (Wildman–Crippen MR) is 113 cm³/mol. The molecule has 0 saturated carbocycles. The van der Waals surface area contributed by atoms with Gasteiger partial charge in [-0.2, -0.15) is 4.31 Å². The molecule has 152 valence electrons. The fraction of sp³-hybridized carbons (Fsp3) is 0.381. The Morgan fingerprint density at radius 2 is 1.61 bits per heavy atom. The zero-order chi connectivity index (χ0) is 21.1. The normalized spacial score (nSPS) is 11.9. The molecule has 0 radical (unpaired) electrons. The summed E-state index contributed by atoms with van der Waals surface area (Å²) in [5, 5.41) is 3.33. The molecule has 0 aromatic heterocycles.